The summed E-state index contributed by atoms with van der Waals surface area (Å²) in [4.78, 5) is 0.282. The van der Waals surface area contributed by atoms with Crippen LogP contribution in [0.15, 0.2) is 59.5 Å². The van der Waals surface area contributed by atoms with Gasteiger partial charge in [-0.1, -0.05) is 42.5 Å². The van der Waals surface area contributed by atoms with Gasteiger partial charge < -0.3 is 5.11 Å². The molecule has 3 rings (SSSR count). The standard InChI is InChI=1S/C18H21NO3S/c20-13-14-6-9-17(12-14)19-23(21,22)18-10-7-16(8-11-18)15-4-2-1-3-5-15/h1-5,7-8,10-11,14,17,19-20H,6,9,12-13H2/t14-,17-/m0/s1. The van der Waals surface area contributed by atoms with Crippen molar-refractivity contribution < 1.29 is 13.5 Å². The Bertz CT molecular complexity index is 742. The number of sulfonamides is 1. The zero-order valence-electron chi connectivity index (χ0n) is 12.9. The zero-order chi connectivity index (χ0) is 16.3. The van der Waals surface area contributed by atoms with Gasteiger partial charge >= 0.3 is 0 Å². The molecule has 0 spiro atoms. The normalized spacial score (nSPS) is 21.4. The summed E-state index contributed by atoms with van der Waals surface area (Å²) in [5.41, 5.74) is 2.05. The van der Waals surface area contributed by atoms with Crippen LogP contribution in [0.3, 0.4) is 0 Å². The van der Waals surface area contributed by atoms with E-state index in [2.05, 4.69) is 4.72 Å². The molecule has 0 amide bonds. The Labute approximate surface area is 137 Å². The molecule has 23 heavy (non-hydrogen) atoms. The van der Waals surface area contributed by atoms with Gasteiger partial charge in [0.25, 0.3) is 0 Å². The molecule has 0 bridgehead atoms. The molecule has 2 aromatic rings. The van der Waals surface area contributed by atoms with Gasteiger partial charge in [0.05, 0.1) is 4.90 Å². The van der Waals surface area contributed by atoms with Gasteiger partial charge in [-0.3, -0.25) is 0 Å². The summed E-state index contributed by atoms with van der Waals surface area (Å²) in [6, 6.07) is 16.7. The molecule has 2 N–H and O–H groups in total. The second-order valence-corrected chi connectivity index (χ2v) is 7.78. The summed E-state index contributed by atoms with van der Waals surface area (Å²) in [6.07, 6.45) is 2.36. The Morgan fingerprint density at radius 2 is 1.61 bits per heavy atom. The summed E-state index contributed by atoms with van der Waals surface area (Å²) in [7, 11) is -3.51. The van der Waals surface area contributed by atoms with Gasteiger partial charge in [-0.05, 0) is 48.4 Å². The molecule has 122 valence electrons. The second-order valence-electron chi connectivity index (χ2n) is 6.07. The van der Waals surface area contributed by atoms with Crippen molar-refractivity contribution in [2.75, 3.05) is 6.61 Å². The van der Waals surface area contributed by atoms with Crippen LogP contribution in [-0.2, 0) is 10.0 Å². The smallest absolute Gasteiger partial charge is 0.240 e. The van der Waals surface area contributed by atoms with E-state index < -0.39 is 10.0 Å². The Hall–Kier alpha value is -1.69. The molecule has 0 aliphatic heterocycles. The molecule has 1 aliphatic rings. The average molecular weight is 331 g/mol. The number of aliphatic hydroxyl groups is 1. The van der Waals surface area contributed by atoms with E-state index >= 15 is 0 Å². The van der Waals surface area contributed by atoms with Crippen molar-refractivity contribution in [3.05, 3.63) is 54.6 Å². The molecule has 0 saturated heterocycles. The Balaban J connectivity index is 1.73. The van der Waals surface area contributed by atoms with Crippen molar-refractivity contribution in [1.29, 1.82) is 0 Å². The zero-order valence-corrected chi connectivity index (χ0v) is 13.7. The molecule has 1 fully saturated rings. The Morgan fingerprint density at radius 3 is 2.22 bits per heavy atom. The van der Waals surface area contributed by atoms with Gasteiger partial charge in [-0.25, -0.2) is 13.1 Å². The van der Waals surface area contributed by atoms with Crippen LogP contribution in [0.4, 0.5) is 0 Å². The molecular weight excluding hydrogens is 310 g/mol. The van der Waals surface area contributed by atoms with Crippen molar-refractivity contribution in [3.8, 4) is 11.1 Å². The summed E-state index contributed by atoms with van der Waals surface area (Å²) in [6.45, 7) is 0.129. The highest BCUT2D eigenvalue weighted by Gasteiger charge is 2.28. The van der Waals surface area contributed by atoms with Crippen molar-refractivity contribution >= 4 is 10.0 Å². The van der Waals surface area contributed by atoms with E-state index in [4.69, 9.17) is 5.11 Å². The van der Waals surface area contributed by atoms with Gasteiger partial charge in [0.2, 0.25) is 10.0 Å². The molecule has 0 unspecified atom stereocenters. The first-order chi connectivity index (χ1) is 11.1. The maximum absolute atomic E-state index is 12.5. The van der Waals surface area contributed by atoms with E-state index in [0.29, 0.717) is 6.42 Å². The molecule has 0 aromatic heterocycles. The summed E-state index contributed by atoms with van der Waals surface area (Å²) >= 11 is 0. The van der Waals surface area contributed by atoms with Gasteiger partial charge in [0.15, 0.2) is 0 Å². The van der Waals surface area contributed by atoms with Gasteiger partial charge in [-0.15, -0.1) is 0 Å². The quantitative estimate of drug-likeness (QED) is 0.885. The van der Waals surface area contributed by atoms with Crippen LogP contribution < -0.4 is 4.72 Å². The molecular formula is C18H21NO3S. The molecule has 0 heterocycles. The molecule has 1 aliphatic carbocycles. The number of nitrogens with one attached hydrogen (secondary N) is 1. The summed E-state index contributed by atoms with van der Waals surface area (Å²) in [5.74, 6) is 0.211. The minimum absolute atomic E-state index is 0.0778. The van der Waals surface area contributed by atoms with E-state index in [9.17, 15) is 8.42 Å². The van der Waals surface area contributed by atoms with E-state index in [1.54, 1.807) is 12.1 Å². The molecule has 5 heteroatoms. The van der Waals surface area contributed by atoms with Gasteiger partial charge in [-0.2, -0.15) is 0 Å². The van der Waals surface area contributed by atoms with Crippen LogP contribution >= 0.6 is 0 Å². The van der Waals surface area contributed by atoms with Crippen molar-refractivity contribution in [3.63, 3.8) is 0 Å². The van der Waals surface area contributed by atoms with E-state index in [0.717, 1.165) is 24.0 Å². The lowest BCUT2D eigenvalue weighted by atomic mass is 10.1. The van der Waals surface area contributed by atoms with Crippen LogP contribution in [0.2, 0.25) is 0 Å². The number of rotatable bonds is 5. The van der Waals surface area contributed by atoms with Gasteiger partial charge in [0, 0.05) is 12.6 Å². The van der Waals surface area contributed by atoms with Crippen molar-refractivity contribution in [2.45, 2.75) is 30.2 Å². The average Bonchev–Trinajstić information content (AvgIpc) is 3.03. The third-order valence-corrected chi connectivity index (χ3v) is 5.93. The van der Waals surface area contributed by atoms with E-state index in [1.165, 1.54) is 0 Å². The predicted octanol–water partition coefficient (Wildman–Crippen LogP) is 2.79. The highest BCUT2D eigenvalue weighted by molar-refractivity contribution is 7.89. The monoisotopic (exact) mass is 331 g/mol. The van der Waals surface area contributed by atoms with Gasteiger partial charge in [0.1, 0.15) is 0 Å². The highest BCUT2D eigenvalue weighted by atomic mass is 32.2. The van der Waals surface area contributed by atoms with Crippen LogP contribution in [0.25, 0.3) is 11.1 Å². The lowest BCUT2D eigenvalue weighted by Crippen LogP contribution is -2.33. The number of hydrogen-bond donors (Lipinski definition) is 2. The van der Waals surface area contributed by atoms with Crippen molar-refractivity contribution in [1.82, 2.24) is 4.72 Å². The fraction of sp³-hybridized carbons (Fsp3) is 0.333. The number of aliphatic hydroxyl groups excluding tert-OH is 1. The first kappa shape index (κ1) is 16.2. The van der Waals surface area contributed by atoms with Crippen LogP contribution in [0.1, 0.15) is 19.3 Å². The summed E-state index contributed by atoms with van der Waals surface area (Å²) in [5, 5.41) is 9.16. The number of hydrogen-bond acceptors (Lipinski definition) is 3. The first-order valence-corrected chi connectivity index (χ1v) is 9.35. The fourth-order valence-corrected chi connectivity index (χ4v) is 4.38. The van der Waals surface area contributed by atoms with Crippen molar-refractivity contribution in [2.24, 2.45) is 5.92 Å². The Kier molecular flexibility index (Phi) is 4.80. The fourth-order valence-electron chi connectivity index (χ4n) is 3.09. The first-order valence-electron chi connectivity index (χ1n) is 7.87. The molecule has 4 nitrogen and oxygen atoms in total. The topological polar surface area (TPSA) is 66.4 Å². The minimum Gasteiger partial charge on any atom is -0.396 e. The molecule has 2 atom stereocenters. The van der Waals surface area contributed by atoms with Crippen LogP contribution in [0.5, 0.6) is 0 Å². The second kappa shape index (κ2) is 6.83. The molecule has 0 radical (unpaired) electrons. The predicted molar refractivity (Wildman–Crippen MR) is 90.4 cm³/mol. The minimum atomic E-state index is -3.51. The highest BCUT2D eigenvalue weighted by Crippen LogP contribution is 2.27. The number of benzene rings is 2. The summed E-state index contributed by atoms with van der Waals surface area (Å²) < 4.78 is 27.7. The maximum Gasteiger partial charge on any atom is 0.240 e. The molecule has 2 aromatic carbocycles. The third-order valence-electron chi connectivity index (χ3n) is 4.39. The molecule has 1 saturated carbocycles. The lowest BCUT2D eigenvalue weighted by molar-refractivity contribution is 0.228. The van der Waals surface area contributed by atoms with Crippen LogP contribution in [0, 0.1) is 5.92 Å². The van der Waals surface area contributed by atoms with E-state index in [-0.39, 0.29) is 23.5 Å². The SMILES string of the molecule is O=S(=O)(N[C@H]1CC[C@H](CO)C1)c1ccc(-c2ccccc2)cc1. The van der Waals surface area contributed by atoms with Crippen LogP contribution in [-0.4, -0.2) is 26.2 Å². The largest absolute Gasteiger partial charge is 0.396 e. The lowest BCUT2D eigenvalue weighted by Gasteiger charge is -2.13. The Morgan fingerprint density at radius 1 is 0.957 bits per heavy atom. The third kappa shape index (κ3) is 3.80. The maximum atomic E-state index is 12.5. The van der Waals surface area contributed by atoms with E-state index in [1.807, 2.05) is 42.5 Å².